The van der Waals surface area contributed by atoms with Gasteiger partial charge in [0.1, 0.15) is 0 Å². The number of imidazole rings is 1. The highest BCUT2D eigenvalue weighted by atomic mass is 35.5. The molecule has 0 spiro atoms. The average molecular weight is 278 g/mol. The molecule has 1 aromatic carbocycles. The lowest BCUT2D eigenvalue weighted by Gasteiger charge is -2.24. The van der Waals surface area contributed by atoms with Crippen LogP contribution in [0.25, 0.3) is 11.3 Å². The van der Waals surface area contributed by atoms with Crippen molar-refractivity contribution in [1.29, 1.82) is 0 Å². The minimum atomic E-state index is 0.184. The van der Waals surface area contributed by atoms with E-state index in [1.165, 1.54) is 0 Å². The fourth-order valence-electron chi connectivity index (χ4n) is 2.32. The summed E-state index contributed by atoms with van der Waals surface area (Å²) in [6.45, 7) is 3.35. The van der Waals surface area contributed by atoms with Gasteiger partial charge in [0.2, 0.25) is 0 Å². The molecule has 1 N–H and O–H groups in total. The fourth-order valence-corrected chi connectivity index (χ4v) is 2.55. The second kappa shape index (κ2) is 5.74. The van der Waals surface area contributed by atoms with Crippen LogP contribution in [0.3, 0.4) is 0 Å². The zero-order valence-electron chi connectivity index (χ0n) is 10.6. The van der Waals surface area contributed by atoms with Crippen LogP contribution in [-0.2, 0) is 11.3 Å². The lowest BCUT2D eigenvalue weighted by Crippen LogP contribution is -2.40. The Kier molecular flexibility index (Phi) is 3.82. The summed E-state index contributed by atoms with van der Waals surface area (Å²) in [5.74, 6) is 0. The Morgan fingerprint density at radius 1 is 1.42 bits per heavy atom. The normalized spacial score (nSPS) is 19.5. The summed E-state index contributed by atoms with van der Waals surface area (Å²) < 4.78 is 7.82. The zero-order chi connectivity index (χ0) is 13.1. The van der Waals surface area contributed by atoms with Gasteiger partial charge in [-0.25, -0.2) is 4.98 Å². The van der Waals surface area contributed by atoms with E-state index in [0.29, 0.717) is 0 Å². The van der Waals surface area contributed by atoms with E-state index in [0.717, 1.165) is 42.5 Å². The Morgan fingerprint density at radius 2 is 2.32 bits per heavy atom. The molecule has 1 aliphatic heterocycles. The number of nitrogens with one attached hydrogen (secondary N) is 1. The number of rotatable bonds is 3. The van der Waals surface area contributed by atoms with Gasteiger partial charge in [-0.05, 0) is 6.07 Å². The minimum Gasteiger partial charge on any atom is -0.374 e. The Labute approximate surface area is 117 Å². The van der Waals surface area contributed by atoms with Crippen LogP contribution in [0.15, 0.2) is 36.8 Å². The van der Waals surface area contributed by atoms with E-state index < -0.39 is 0 Å². The second-order valence-corrected chi connectivity index (χ2v) is 5.02. The number of nitrogens with zero attached hydrogens (tertiary/aromatic N) is 2. The number of hydrogen-bond donors (Lipinski definition) is 1. The molecule has 100 valence electrons. The first-order valence-electron chi connectivity index (χ1n) is 6.42. The predicted molar refractivity (Wildman–Crippen MR) is 75.3 cm³/mol. The highest BCUT2D eigenvalue weighted by Crippen LogP contribution is 2.27. The van der Waals surface area contributed by atoms with E-state index in [1.807, 2.05) is 36.8 Å². The lowest BCUT2D eigenvalue weighted by atomic mass is 10.1. The first-order chi connectivity index (χ1) is 9.34. The number of aromatic nitrogens is 2. The molecule has 0 radical (unpaired) electrons. The van der Waals surface area contributed by atoms with Crippen LogP contribution in [0, 0.1) is 0 Å². The van der Waals surface area contributed by atoms with Crippen molar-refractivity contribution in [3.05, 3.63) is 41.8 Å². The molecule has 0 aliphatic carbocycles. The molecule has 1 aliphatic rings. The summed E-state index contributed by atoms with van der Waals surface area (Å²) in [6, 6.07) is 7.82. The number of halogens is 1. The van der Waals surface area contributed by atoms with Crippen molar-refractivity contribution >= 4 is 11.6 Å². The summed E-state index contributed by atoms with van der Waals surface area (Å²) >= 11 is 6.25. The molecule has 1 unspecified atom stereocenters. The summed E-state index contributed by atoms with van der Waals surface area (Å²) in [6.07, 6.45) is 3.86. The van der Waals surface area contributed by atoms with Gasteiger partial charge in [-0.2, -0.15) is 0 Å². The fraction of sp³-hybridized carbons (Fsp3) is 0.357. The van der Waals surface area contributed by atoms with Crippen molar-refractivity contribution in [1.82, 2.24) is 14.9 Å². The van der Waals surface area contributed by atoms with Crippen molar-refractivity contribution in [2.24, 2.45) is 0 Å². The molecule has 3 rings (SSSR count). The highest BCUT2D eigenvalue weighted by Gasteiger charge is 2.16. The SMILES string of the molecule is Clc1ccccc1-c1cncn1CC1CNCCO1. The smallest absolute Gasteiger partial charge is 0.0951 e. The molecule has 19 heavy (non-hydrogen) atoms. The highest BCUT2D eigenvalue weighted by molar-refractivity contribution is 6.33. The van der Waals surface area contributed by atoms with Gasteiger partial charge in [0.25, 0.3) is 0 Å². The standard InChI is InChI=1S/C14H16ClN3O/c15-13-4-2-1-3-12(13)14-8-17-10-18(14)9-11-7-16-5-6-19-11/h1-4,8,10-11,16H,5-7,9H2. The summed E-state index contributed by atoms with van der Waals surface area (Å²) in [5, 5.41) is 4.08. The summed E-state index contributed by atoms with van der Waals surface area (Å²) in [5.41, 5.74) is 2.03. The Balaban J connectivity index is 1.84. The monoisotopic (exact) mass is 277 g/mol. The molecular formula is C14H16ClN3O. The molecular weight excluding hydrogens is 262 g/mol. The first kappa shape index (κ1) is 12.7. The molecule has 1 aromatic heterocycles. The van der Waals surface area contributed by atoms with Gasteiger partial charge in [-0.3, -0.25) is 0 Å². The van der Waals surface area contributed by atoms with E-state index in [4.69, 9.17) is 16.3 Å². The molecule has 1 fully saturated rings. The number of hydrogen-bond acceptors (Lipinski definition) is 3. The molecule has 2 heterocycles. The number of benzene rings is 1. The van der Waals surface area contributed by atoms with Crippen LogP contribution < -0.4 is 5.32 Å². The van der Waals surface area contributed by atoms with Gasteiger partial charge >= 0.3 is 0 Å². The minimum absolute atomic E-state index is 0.184. The van der Waals surface area contributed by atoms with Gasteiger partial charge in [0.05, 0.1) is 37.5 Å². The van der Waals surface area contributed by atoms with Gasteiger partial charge in [0.15, 0.2) is 0 Å². The van der Waals surface area contributed by atoms with Crippen molar-refractivity contribution < 1.29 is 4.74 Å². The van der Waals surface area contributed by atoms with Crippen molar-refractivity contribution in [2.45, 2.75) is 12.6 Å². The third-order valence-electron chi connectivity index (χ3n) is 3.27. The Hall–Kier alpha value is -1.36. The van der Waals surface area contributed by atoms with Gasteiger partial charge in [-0.1, -0.05) is 29.8 Å². The largest absolute Gasteiger partial charge is 0.374 e. The van der Waals surface area contributed by atoms with E-state index in [9.17, 15) is 0 Å². The second-order valence-electron chi connectivity index (χ2n) is 4.61. The topological polar surface area (TPSA) is 39.1 Å². The number of morpholine rings is 1. The van der Waals surface area contributed by atoms with E-state index >= 15 is 0 Å². The van der Waals surface area contributed by atoms with E-state index in [-0.39, 0.29) is 6.10 Å². The van der Waals surface area contributed by atoms with Crippen LogP contribution in [0.1, 0.15) is 0 Å². The summed E-state index contributed by atoms with van der Waals surface area (Å²) in [7, 11) is 0. The quantitative estimate of drug-likeness (QED) is 0.935. The molecule has 0 saturated carbocycles. The van der Waals surface area contributed by atoms with Crippen LogP contribution >= 0.6 is 11.6 Å². The average Bonchev–Trinajstić information content (AvgIpc) is 2.88. The maximum Gasteiger partial charge on any atom is 0.0951 e. The third kappa shape index (κ3) is 2.81. The lowest BCUT2D eigenvalue weighted by molar-refractivity contribution is 0.0184. The maximum absolute atomic E-state index is 6.25. The molecule has 0 amide bonds. The van der Waals surface area contributed by atoms with Gasteiger partial charge in [-0.15, -0.1) is 0 Å². The molecule has 1 saturated heterocycles. The van der Waals surface area contributed by atoms with Gasteiger partial charge < -0.3 is 14.6 Å². The molecule has 5 heteroatoms. The molecule has 1 atom stereocenters. The maximum atomic E-state index is 6.25. The van der Waals surface area contributed by atoms with Gasteiger partial charge in [0, 0.05) is 23.7 Å². The third-order valence-corrected chi connectivity index (χ3v) is 3.60. The molecule has 2 aromatic rings. The van der Waals surface area contributed by atoms with Crippen LogP contribution in [0.5, 0.6) is 0 Å². The van der Waals surface area contributed by atoms with Crippen molar-refractivity contribution in [2.75, 3.05) is 19.7 Å². The predicted octanol–water partition coefficient (Wildman–Crippen LogP) is 2.19. The summed E-state index contributed by atoms with van der Waals surface area (Å²) in [4.78, 5) is 4.23. The van der Waals surface area contributed by atoms with Crippen molar-refractivity contribution in [3.8, 4) is 11.3 Å². The van der Waals surface area contributed by atoms with Crippen LogP contribution in [0.4, 0.5) is 0 Å². The number of ether oxygens (including phenoxy) is 1. The zero-order valence-corrected chi connectivity index (χ0v) is 11.3. The molecule has 4 nitrogen and oxygen atoms in total. The van der Waals surface area contributed by atoms with Crippen molar-refractivity contribution in [3.63, 3.8) is 0 Å². The van der Waals surface area contributed by atoms with Crippen LogP contribution in [-0.4, -0.2) is 35.4 Å². The Bertz CT molecular complexity index is 549. The van der Waals surface area contributed by atoms with E-state index in [2.05, 4.69) is 14.9 Å². The Morgan fingerprint density at radius 3 is 3.11 bits per heavy atom. The van der Waals surface area contributed by atoms with Crippen LogP contribution in [0.2, 0.25) is 5.02 Å². The van der Waals surface area contributed by atoms with E-state index in [1.54, 1.807) is 0 Å². The molecule has 0 bridgehead atoms. The first-order valence-corrected chi connectivity index (χ1v) is 6.80.